The molecule has 4 rings (SSSR count). The van der Waals surface area contributed by atoms with Crippen LogP contribution in [-0.4, -0.2) is 37.6 Å². The molecule has 0 saturated carbocycles. The lowest BCUT2D eigenvalue weighted by atomic mass is 10.1. The lowest BCUT2D eigenvalue weighted by Crippen LogP contribution is -2.18. The Balaban J connectivity index is 1.47. The van der Waals surface area contributed by atoms with Crippen LogP contribution in [0.1, 0.15) is 11.1 Å². The molecule has 0 spiro atoms. The van der Waals surface area contributed by atoms with E-state index in [0.717, 1.165) is 36.3 Å². The minimum absolute atomic E-state index is 0.284. The van der Waals surface area contributed by atoms with Crippen LogP contribution >= 0.6 is 23.1 Å². The number of ether oxygens (including phenoxy) is 2. The van der Waals surface area contributed by atoms with E-state index >= 15 is 0 Å². The van der Waals surface area contributed by atoms with Crippen molar-refractivity contribution in [3.8, 4) is 5.75 Å². The van der Waals surface area contributed by atoms with Gasteiger partial charge in [0.25, 0.3) is 0 Å². The fourth-order valence-corrected chi connectivity index (χ4v) is 5.28. The number of benzene rings is 2. The quantitative estimate of drug-likeness (QED) is 0.185. The highest BCUT2D eigenvalue weighted by Gasteiger charge is 2.12. The Morgan fingerprint density at radius 3 is 2.71 bits per heavy atom. The van der Waals surface area contributed by atoms with Crippen LogP contribution in [0.5, 0.6) is 5.75 Å². The molecule has 2 aromatic heterocycles. The zero-order valence-corrected chi connectivity index (χ0v) is 20.4. The van der Waals surface area contributed by atoms with Crippen molar-refractivity contribution in [2.75, 3.05) is 31.0 Å². The third-order valence-corrected chi connectivity index (χ3v) is 7.08. The van der Waals surface area contributed by atoms with Crippen LogP contribution in [0, 0.1) is 12.3 Å². The number of aromatic nitrogens is 1. The van der Waals surface area contributed by atoms with Crippen LogP contribution in [0.25, 0.3) is 10.9 Å². The molecule has 174 valence electrons. The zero-order chi connectivity index (χ0) is 23.9. The van der Waals surface area contributed by atoms with Gasteiger partial charge in [0.2, 0.25) is 0 Å². The number of hydrogen-bond donors (Lipinski definition) is 3. The minimum atomic E-state index is -0.284. The molecule has 0 unspecified atom stereocenters. The molecule has 0 aliphatic heterocycles. The van der Waals surface area contributed by atoms with Gasteiger partial charge in [-0.15, -0.1) is 11.3 Å². The first kappa shape index (κ1) is 23.7. The number of urea groups is 1. The molecule has 2 heterocycles. The average Bonchev–Trinajstić information content (AvgIpc) is 3.27. The van der Waals surface area contributed by atoms with Crippen molar-refractivity contribution < 1.29 is 14.3 Å². The van der Waals surface area contributed by atoms with Gasteiger partial charge in [-0.2, -0.15) is 0 Å². The number of carbonyl (C=O) groups is 1. The number of methoxy groups -OCH3 is 1. The Labute approximate surface area is 206 Å². The molecule has 0 radical (unpaired) electrons. The first-order valence-electron chi connectivity index (χ1n) is 10.5. The molecule has 0 aliphatic rings. The summed E-state index contributed by atoms with van der Waals surface area (Å²) in [6.45, 7) is 2.87. The summed E-state index contributed by atoms with van der Waals surface area (Å²) < 4.78 is 11.8. The zero-order valence-electron chi connectivity index (χ0n) is 18.8. The minimum Gasteiger partial charge on any atom is -0.490 e. The topological polar surface area (TPSA) is 96.3 Å². The highest BCUT2D eigenvalue weighted by molar-refractivity contribution is 8.01. The van der Waals surface area contributed by atoms with Gasteiger partial charge in [-0.1, -0.05) is 29.5 Å². The van der Waals surface area contributed by atoms with E-state index < -0.39 is 0 Å². The summed E-state index contributed by atoms with van der Waals surface area (Å²) in [7, 11) is 1.62. The second kappa shape index (κ2) is 11.1. The number of fused-ring (bicyclic) bond motifs is 1. The van der Waals surface area contributed by atoms with E-state index in [9.17, 15) is 4.79 Å². The summed E-state index contributed by atoms with van der Waals surface area (Å²) in [4.78, 5) is 17.8. The number of aryl methyl sites for hydroxylation is 1. The normalized spacial score (nSPS) is 10.8. The van der Waals surface area contributed by atoms with Crippen LogP contribution in [0.4, 0.5) is 15.5 Å². The van der Waals surface area contributed by atoms with Crippen LogP contribution in [0.2, 0.25) is 0 Å². The Kier molecular flexibility index (Phi) is 7.79. The van der Waals surface area contributed by atoms with Gasteiger partial charge in [0.1, 0.15) is 12.4 Å². The summed E-state index contributed by atoms with van der Waals surface area (Å²) in [5.41, 5.74) is 3.34. The maximum absolute atomic E-state index is 12.3. The highest BCUT2D eigenvalue weighted by Crippen LogP contribution is 2.39. The molecule has 0 aliphatic carbocycles. The van der Waals surface area contributed by atoms with Crippen LogP contribution < -0.4 is 15.4 Å². The van der Waals surface area contributed by atoms with E-state index in [0.29, 0.717) is 24.5 Å². The monoisotopic (exact) mass is 492 g/mol. The van der Waals surface area contributed by atoms with Gasteiger partial charge in [0, 0.05) is 47.1 Å². The largest absolute Gasteiger partial charge is 0.490 e. The van der Waals surface area contributed by atoms with Gasteiger partial charge in [0.15, 0.2) is 0 Å². The lowest BCUT2D eigenvalue weighted by molar-refractivity contribution is 0.146. The SMILES string of the molecule is COCCOc1cc2nccc(Sc3ccc(NC(=O)Nc4ccc(C)cc4)s3)c2cc1C=N. The van der Waals surface area contributed by atoms with E-state index in [4.69, 9.17) is 14.9 Å². The van der Waals surface area contributed by atoms with Gasteiger partial charge in [-0.25, -0.2) is 4.79 Å². The van der Waals surface area contributed by atoms with E-state index in [1.165, 1.54) is 17.6 Å². The van der Waals surface area contributed by atoms with Gasteiger partial charge < -0.3 is 20.2 Å². The summed E-state index contributed by atoms with van der Waals surface area (Å²) in [5, 5.41) is 15.2. The third-order valence-electron chi connectivity index (χ3n) is 4.87. The van der Waals surface area contributed by atoms with Crippen molar-refractivity contribution >= 4 is 56.9 Å². The van der Waals surface area contributed by atoms with Gasteiger partial charge >= 0.3 is 6.03 Å². The molecule has 0 bridgehead atoms. The molecular weight excluding hydrogens is 468 g/mol. The smallest absolute Gasteiger partial charge is 0.324 e. The van der Waals surface area contributed by atoms with E-state index in [1.807, 2.05) is 61.5 Å². The Morgan fingerprint density at radius 1 is 1.12 bits per heavy atom. The van der Waals surface area contributed by atoms with Crippen molar-refractivity contribution in [3.63, 3.8) is 0 Å². The summed E-state index contributed by atoms with van der Waals surface area (Å²) in [5.74, 6) is 0.608. The molecule has 2 aromatic carbocycles. The first-order valence-corrected chi connectivity index (χ1v) is 12.2. The number of pyridine rings is 1. The second-order valence-corrected chi connectivity index (χ2v) is 9.79. The van der Waals surface area contributed by atoms with E-state index in [2.05, 4.69) is 15.6 Å². The molecular formula is C25H24N4O3S2. The molecule has 9 heteroatoms. The molecule has 2 amide bonds. The van der Waals surface area contributed by atoms with Gasteiger partial charge in [0.05, 0.1) is 21.3 Å². The maximum Gasteiger partial charge on any atom is 0.324 e. The predicted octanol–water partition coefficient (Wildman–Crippen LogP) is 6.42. The second-order valence-electron chi connectivity index (χ2n) is 7.37. The van der Waals surface area contributed by atoms with E-state index in [-0.39, 0.29) is 6.03 Å². The average molecular weight is 493 g/mol. The number of thiophene rings is 1. The Hall–Kier alpha value is -3.40. The fraction of sp³-hybridized carbons (Fsp3) is 0.160. The molecule has 0 atom stereocenters. The van der Waals surface area contributed by atoms with Crippen molar-refractivity contribution in [2.45, 2.75) is 16.0 Å². The van der Waals surface area contributed by atoms with Crippen LogP contribution in [0.15, 0.2) is 69.9 Å². The number of amides is 2. The van der Waals surface area contributed by atoms with Crippen molar-refractivity contribution in [1.29, 1.82) is 5.41 Å². The summed E-state index contributed by atoms with van der Waals surface area (Å²) >= 11 is 3.08. The Morgan fingerprint density at radius 2 is 1.94 bits per heavy atom. The lowest BCUT2D eigenvalue weighted by Gasteiger charge is -2.11. The van der Waals surface area contributed by atoms with Crippen molar-refractivity contribution in [3.05, 3.63) is 71.9 Å². The molecule has 7 nitrogen and oxygen atoms in total. The number of anilines is 2. The third kappa shape index (κ3) is 5.93. The fourth-order valence-electron chi connectivity index (χ4n) is 3.19. The predicted molar refractivity (Wildman–Crippen MR) is 139 cm³/mol. The molecule has 34 heavy (non-hydrogen) atoms. The van der Waals surface area contributed by atoms with Crippen molar-refractivity contribution in [2.24, 2.45) is 0 Å². The van der Waals surface area contributed by atoms with E-state index in [1.54, 1.807) is 25.1 Å². The highest BCUT2D eigenvalue weighted by atomic mass is 32.2. The standard InChI is InChI=1S/C25H24N4O3S2/c1-16-3-5-18(6-4-16)28-25(30)29-23-7-8-24(34-23)33-22-9-10-27-20-14-21(32-12-11-31-2)17(15-26)13-19(20)22/h3-10,13-15,26H,11-12H2,1-2H3,(H2,28,29,30). The van der Waals surface area contributed by atoms with Crippen molar-refractivity contribution in [1.82, 2.24) is 4.98 Å². The van der Waals surface area contributed by atoms with Crippen LogP contribution in [0.3, 0.4) is 0 Å². The summed E-state index contributed by atoms with van der Waals surface area (Å²) in [6.07, 6.45) is 3.04. The van der Waals surface area contributed by atoms with Crippen LogP contribution in [-0.2, 0) is 4.74 Å². The first-order chi connectivity index (χ1) is 16.6. The molecule has 0 saturated heterocycles. The number of nitrogens with zero attached hydrogens (tertiary/aromatic N) is 1. The number of rotatable bonds is 9. The van der Waals surface area contributed by atoms with Gasteiger partial charge in [-0.3, -0.25) is 10.3 Å². The van der Waals surface area contributed by atoms with Gasteiger partial charge in [-0.05, 0) is 43.3 Å². The Bertz CT molecular complexity index is 1310. The molecule has 0 fully saturated rings. The number of carbonyl (C=O) groups excluding carboxylic acids is 1. The summed E-state index contributed by atoms with van der Waals surface area (Å²) in [6, 6.07) is 16.9. The molecule has 4 aromatic rings. The maximum atomic E-state index is 12.3. The number of hydrogen-bond acceptors (Lipinski definition) is 7. The molecule has 3 N–H and O–H groups in total. The number of nitrogens with one attached hydrogen (secondary N) is 3.